The zero-order chi connectivity index (χ0) is 16.0. The minimum Gasteiger partial charge on any atom is -0.459 e. The molecule has 1 fully saturated rings. The quantitative estimate of drug-likeness (QED) is 0.811. The van der Waals surface area contributed by atoms with Gasteiger partial charge in [0, 0.05) is 6.42 Å². The van der Waals surface area contributed by atoms with E-state index < -0.39 is 23.8 Å². The molecule has 1 aromatic carbocycles. The van der Waals surface area contributed by atoms with E-state index in [1.165, 1.54) is 24.3 Å². The standard InChI is InChI=1S/C15H13F3N2O2/c1-9-7-12-11(13(21)22-9)8-14(20-19-12,15(16,17)18)10-5-3-2-4-6-10/h2-6,8-9,20H,7H2,1H3. The Hall–Kier alpha value is -2.31. The predicted molar refractivity (Wildman–Crippen MR) is 73.0 cm³/mol. The van der Waals surface area contributed by atoms with Gasteiger partial charge in [0.1, 0.15) is 6.10 Å². The van der Waals surface area contributed by atoms with E-state index in [1.54, 1.807) is 13.0 Å². The van der Waals surface area contributed by atoms with Crippen LogP contribution in [0.1, 0.15) is 18.9 Å². The van der Waals surface area contributed by atoms with Gasteiger partial charge in [-0.2, -0.15) is 18.3 Å². The van der Waals surface area contributed by atoms with Gasteiger partial charge < -0.3 is 4.74 Å². The highest BCUT2D eigenvalue weighted by Gasteiger charge is 2.57. The number of hydrazone groups is 1. The van der Waals surface area contributed by atoms with Gasteiger partial charge in [-0.1, -0.05) is 30.3 Å². The molecule has 0 radical (unpaired) electrons. The molecule has 3 rings (SSSR count). The lowest BCUT2D eigenvalue weighted by Crippen LogP contribution is -2.54. The molecule has 2 aliphatic rings. The number of halogens is 3. The van der Waals surface area contributed by atoms with Crippen LogP contribution in [0.3, 0.4) is 0 Å². The van der Waals surface area contributed by atoms with E-state index in [1.807, 2.05) is 0 Å². The second kappa shape index (κ2) is 4.86. The number of fused-ring (bicyclic) bond motifs is 1. The van der Waals surface area contributed by atoms with E-state index in [2.05, 4.69) is 10.5 Å². The van der Waals surface area contributed by atoms with E-state index in [9.17, 15) is 18.0 Å². The number of nitrogens with one attached hydrogen (secondary N) is 1. The van der Waals surface area contributed by atoms with Gasteiger partial charge in [-0.3, -0.25) is 5.43 Å². The van der Waals surface area contributed by atoms with Crippen LogP contribution < -0.4 is 5.43 Å². The van der Waals surface area contributed by atoms with Crippen molar-refractivity contribution in [1.29, 1.82) is 0 Å². The summed E-state index contributed by atoms with van der Waals surface area (Å²) in [7, 11) is 0. The number of hydrogen-bond donors (Lipinski definition) is 1. The molecule has 2 aliphatic heterocycles. The Morgan fingerprint density at radius 3 is 2.64 bits per heavy atom. The highest BCUT2D eigenvalue weighted by Crippen LogP contribution is 2.43. The number of esters is 1. The minimum atomic E-state index is -4.67. The molecule has 0 amide bonds. The first-order valence-electron chi connectivity index (χ1n) is 6.74. The molecule has 1 aromatic rings. The van der Waals surface area contributed by atoms with Crippen molar-refractivity contribution in [3.8, 4) is 0 Å². The van der Waals surface area contributed by atoms with E-state index in [0.29, 0.717) is 5.71 Å². The SMILES string of the molecule is CC1CC2=NNC(c3ccccc3)(C(F)(F)F)C=C2C(=O)O1. The number of cyclic esters (lactones) is 1. The topological polar surface area (TPSA) is 50.7 Å². The number of ether oxygens (including phenoxy) is 1. The van der Waals surface area contributed by atoms with Crippen LogP contribution in [0.2, 0.25) is 0 Å². The van der Waals surface area contributed by atoms with Crippen LogP contribution in [0.25, 0.3) is 0 Å². The summed E-state index contributed by atoms with van der Waals surface area (Å²) < 4.78 is 46.2. The lowest BCUT2D eigenvalue weighted by Gasteiger charge is -2.38. The maximum atomic E-state index is 13.7. The van der Waals surface area contributed by atoms with Gasteiger partial charge in [0.15, 0.2) is 5.54 Å². The average molecular weight is 310 g/mol. The number of rotatable bonds is 1. The summed E-state index contributed by atoms with van der Waals surface area (Å²) in [5.41, 5.74) is -0.200. The van der Waals surface area contributed by atoms with Crippen LogP contribution in [0.5, 0.6) is 0 Å². The summed E-state index contributed by atoms with van der Waals surface area (Å²) in [4.78, 5) is 11.9. The van der Waals surface area contributed by atoms with E-state index in [4.69, 9.17) is 4.74 Å². The maximum Gasteiger partial charge on any atom is 0.420 e. The summed E-state index contributed by atoms with van der Waals surface area (Å²) in [6.07, 6.45) is -3.91. The van der Waals surface area contributed by atoms with Crippen LogP contribution in [-0.2, 0) is 15.1 Å². The highest BCUT2D eigenvalue weighted by atomic mass is 19.4. The van der Waals surface area contributed by atoms with Crippen molar-refractivity contribution >= 4 is 11.7 Å². The Kier molecular flexibility index (Phi) is 3.23. The van der Waals surface area contributed by atoms with Gasteiger partial charge in [-0.05, 0) is 18.6 Å². The molecule has 1 N–H and O–H groups in total. The second-order valence-electron chi connectivity index (χ2n) is 5.32. The highest BCUT2D eigenvalue weighted by molar-refractivity contribution is 6.21. The Labute approximate surface area is 124 Å². The third-order valence-corrected chi connectivity index (χ3v) is 3.72. The molecule has 7 heteroatoms. The molecule has 0 bridgehead atoms. The average Bonchev–Trinajstić information content (AvgIpc) is 2.46. The summed E-state index contributed by atoms with van der Waals surface area (Å²) in [5.74, 6) is -0.774. The number of alkyl halides is 3. The summed E-state index contributed by atoms with van der Waals surface area (Å²) in [6, 6.07) is 7.31. The molecule has 2 atom stereocenters. The lowest BCUT2D eigenvalue weighted by atomic mass is 9.84. The monoisotopic (exact) mass is 310 g/mol. The van der Waals surface area contributed by atoms with Crippen molar-refractivity contribution in [3.63, 3.8) is 0 Å². The molecule has 4 nitrogen and oxygen atoms in total. The van der Waals surface area contributed by atoms with Crippen LogP contribution in [0, 0.1) is 0 Å². The third-order valence-electron chi connectivity index (χ3n) is 3.72. The van der Waals surface area contributed by atoms with Gasteiger partial charge in [-0.15, -0.1) is 0 Å². The van der Waals surface area contributed by atoms with Crippen LogP contribution >= 0.6 is 0 Å². The molecular formula is C15H13F3N2O2. The Balaban J connectivity index is 2.14. The molecule has 1 saturated heterocycles. The summed E-state index contributed by atoms with van der Waals surface area (Å²) >= 11 is 0. The van der Waals surface area contributed by atoms with Crippen molar-refractivity contribution in [1.82, 2.24) is 5.43 Å². The molecule has 0 spiro atoms. The fourth-order valence-electron chi connectivity index (χ4n) is 2.60. The predicted octanol–water partition coefficient (Wildman–Crippen LogP) is 2.67. The van der Waals surface area contributed by atoms with Gasteiger partial charge in [0.05, 0.1) is 11.3 Å². The van der Waals surface area contributed by atoms with Crippen LogP contribution in [0.15, 0.2) is 47.1 Å². The smallest absolute Gasteiger partial charge is 0.420 e. The first-order chi connectivity index (χ1) is 10.3. The second-order valence-corrected chi connectivity index (χ2v) is 5.32. The molecule has 22 heavy (non-hydrogen) atoms. The molecule has 0 saturated carbocycles. The van der Waals surface area contributed by atoms with Crippen molar-refractivity contribution in [2.45, 2.75) is 31.2 Å². The molecule has 0 aliphatic carbocycles. The molecule has 116 valence electrons. The van der Waals surface area contributed by atoms with E-state index >= 15 is 0 Å². The summed E-state index contributed by atoms with van der Waals surface area (Å²) in [6.45, 7) is 1.67. The zero-order valence-corrected chi connectivity index (χ0v) is 11.6. The van der Waals surface area contributed by atoms with E-state index in [-0.39, 0.29) is 17.6 Å². The largest absolute Gasteiger partial charge is 0.459 e. The number of carbonyl (C=O) groups is 1. The first-order valence-corrected chi connectivity index (χ1v) is 6.74. The van der Waals surface area contributed by atoms with E-state index in [0.717, 1.165) is 6.08 Å². The van der Waals surface area contributed by atoms with Crippen LogP contribution in [-0.4, -0.2) is 24.0 Å². The number of benzene rings is 1. The van der Waals surface area contributed by atoms with Crippen molar-refractivity contribution in [3.05, 3.63) is 47.5 Å². The van der Waals surface area contributed by atoms with Crippen molar-refractivity contribution in [2.75, 3.05) is 0 Å². The molecule has 2 heterocycles. The normalized spacial score (nSPS) is 28.0. The fraction of sp³-hybridized carbons (Fsp3) is 0.333. The number of nitrogens with zero attached hydrogens (tertiary/aromatic N) is 1. The fourth-order valence-corrected chi connectivity index (χ4v) is 2.60. The number of hydrogen-bond acceptors (Lipinski definition) is 4. The third kappa shape index (κ3) is 2.17. The zero-order valence-electron chi connectivity index (χ0n) is 11.6. The molecule has 2 unspecified atom stereocenters. The maximum absolute atomic E-state index is 13.7. The van der Waals surface area contributed by atoms with Crippen LogP contribution in [0.4, 0.5) is 13.2 Å². The van der Waals surface area contributed by atoms with Gasteiger partial charge in [0.25, 0.3) is 0 Å². The van der Waals surface area contributed by atoms with Crippen molar-refractivity contribution < 1.29 is 22.7 Å². The van der Waals surface area contributed by atoms with Gasteiger partial charge >= 0.3 is 12.1 Å². The molecular weight excluding hydrogens is 297 g/mol. The number of carbonyl (C=O) groups excluding carboxylic acids is 1. The van der Waals surface area contributed by atoms with Gasteiger partial charge in [-0.25, -0.2) is 4.79 Å². The van der Waals surface area contributed by atoms with Crippen molar-refractivity contribution in [2.24, 2.45) is 5.10 Å². The lowest BCUT2D eigenvalue weighted by molar-refractivity contribution is -0.186. The minimum absolute atomic E-state index is 0.0378. The Bertz CT molecular complexity index is 667. The Morgan fingerprint density at radius 1 is 1.32 bits per heavy atom. The molecule has 0 aromatic heterocycles. The van der Waals surface area contributed by atoms with Gasteiger partial charge in [0.2, 0.25) is 0 Å². The summed E-state index contributed by atoms with van der Waals surface area (Å²) in [5, 5.41) is 3.83. The Morgan fingerprint density at radius 2 is 2.00 bits per heavy atom. The first kappa shape index (κ1) is 14.6.